The van der Waals surface area contributed by atoms with Crippen molar-refractivity contribution >= 4 is 50.0 Å². The zero-order valence-corrected chi connectivity index (χ0v) is 20.6. The van der Waals surface area contributed by atoms with Gasteiger partial charge in [-0.25, -0.2) is 4.98 Å². The van der Waals surface area contributed by atoms with Crippen LogP contribution in [0.25, 0.3) is 5.65 Å². The van der Waals surface area contributed by atoms with Gasteiger partial charge in [0.2, 0.25) is 0 Å². The largest absolute Gasteiger partial charge is 0.366 e. The van der Waals surface area contributed by atoms with E-state index in [2.05, 4.69) is 71.0 Å². The van der Waals surface area contributed by atoms with Gasteiger partial charge >= 0.3 is 0 Å². The van der Waals surface area contributed by atoms with Crippen molar-refractivity contribution in [3.05, 3.63) is 52.5 Å². The Morgan fingerprint density at radius 1 is 1.37 bits per heavy atom. The second-order valence-corrected chi connectivity index (χ2v) is 9.59. The second kappa shape index (κ2) is 10.3. The third-order valence-corrected chi connectivity index (χ3v) is 7.27. The maximum Gasteiger partial charge on any atom is 0.171 e. The molecule has 0 bridgehead atoms. The first-order valence-corrected chi connectivity index (χ1v) is 12.7. The van der Waals surface area contributed by atoms with Gasteiger partial charge in [0.1, 0.15) is 5.82 Å². The number of halogens is 2. The Balaban J connectivity index is 1.54. The van der Waals surface area contributed by atoms with Crippen LogP contribution in [-0.2, 0) is 6.54 Å². The molecule has 3 aromatic heterocycles. The molecule has 0 saturated carbocycles. The molecule has 30 heavy (non-hydrogen) atoms. The van der Waals surface area contributed by atoms with Gasteiger partial charge < -0.3 is 16.0 Å². The van der Waals surface area contributed by atoms with E-state index in [9.17, 15) is 0 Å². The van der Waals surface area contributed by atoms with Gasteiger partial charge in [0.15, 0.2) is 5.65 Å². The minimum Gasteiger partial charge on any atom is -0.366 e. The molecule has 4 heterocycles. The van der Waals surface area contributed by atoms with E-state index < -0.39 is 0 Å². The summed E-state index contributed by atoms with van der Waals surface area (Å²) in [5.74, 6) is 1.37. The molecule has 160 valence electrons. The number of aromatic nitrogens is 4. The topological polar surface area (TPSA) is 84.4 Å². The van der Waals surface area contributed by atoms with Crippen LogP contribution in [0.4, 0.5) is 5.82 Å². The molecule has 1 fully saturated rings. The Bertz CT molecular complexity index is 965. The van der Waals surface area contributed by atoms with Crippen molar-refractivity contribution in [2.24, 2.45) is 5.73 Å². The SMILES string of the molecule is NC(CI)CCN1CCCC(c2cc(NCc3cccnc3)n3ncc(Br)c3n2)C1. The van der Waals surface area contributed by atoms with E-state index in [0.717, 1.165) is 64.1 Å². The average molecular weight is 584 g/mol. The van der Waals surface area contributed by atoms with Crippen LogP contribution in [-0.4, -0.2) is 54.6 Å². The lowest BCUT2D eigenvalue weighted by Gasteiger charge is -2.33. The Kier molecular flexibility index (Phi) is 7.55. The van der Waals surface area contributed by atoms with Gasteiger partial charge in [0, 0.05) is 47.9 Å². The van der Waals surface area contributed by atoms with E-state index in [4.69, 9.17) is 10.7 Å². The van der Waals surface area contributed by atoms with Crippen LogP contribution in [0.2, 0.25) is 0 Å². The Morgan fingerprint density at radius 2 is 2.27 bits per heavy atom. The van der Waals surface area contributed by atoms with E-state index in [1.165, 1.54) is 6.42 Å². The highest BCUT2D eigenvalue weighted by molar-refractivity contribution is 14.1. The molecule has 7 nitrogen and oxygen atoms in total. The molecule has 4 rings (SSSR count). The number of pyridine rings is 1. The monoisotopic (exact) mass is 583 g/mol. The van der Waals surface area contributed by atoms with Crippen molar-refractivity contribution in [2.75, 3.05) is 29.4 Å². The van der Waals surface area contributed by atoms with E-state index in [1.54, 1.807) is 12.4 Å². The van der Waals surface area contributed by atoms with Crippen LogP contribution in [0, 0.1) is 0 Å². The molecular weight excluding hydrogens is 557 g/mol. The number of fused-ring (bicyclic) bond motifs is 1. The summed E-state index contributed by atoms with van der Waals surface area (Å²) >= 11 is 5.98. The van der Waals surface area contributed by atoms with Gasteiger partial charge in [0.25, 0.3) is 0 Å². The zero-order chi connectivity index (χ0) is 20.9. The highest BCUT2D eigenvalue weighted by atomic mass is 127. The number of likely N-dealkylation sites (tertiary alicyclic amines) is 1. The first-order chi connectivity index (χ1) is 14.6. The molecule has 3 N–H and O–H groups in total. The number of nitrogens with two attached hydrogens (primary N) is 1. The third kappa shape index (κ3) is 5.30. The lowest BCUT2D eigenvalue weighted by atomic mass is 9.94. The summed E-state index contributed by atoms with van der Waals surface area (Å²) in [7, 11) is 0. The number of nitrogens with one attached hydrogen (secondary N) is 1. The highest BCUT2D eigenvalue weighted by Gasteiger charge is 2.24. The average Bonchev–Trinajstić information content (AvgIpc) is 3.17. The maximum absolute atomic E-state index is 6.13. The smallest absolute Gasteiger partial charge is 0.171 e. The standard InChI is InChI=1S/C21H27BrIN7/c22-18-13-27-30-20(26-12-15-3-1-6-25-11-15)9-19(28-21(18)30)16-4-2-7-29(14-16)8-5-17(24)10-23/h1,3,6,9,11,13,16-17,26H,2,4-5,7-8,10,12,14,24H2. The van der Waals surface area contributed by atoms with Crippen LogP contribution in [0.5, 0.6) is 0 Å². The fourth-order valence-electron chi connectivity index (χ4n) is 3.91. The quantitative estimate of drug-likeness (QED) is 0.310. The second-order valence-electron chi connectivity index (χ2n) is 7.85. The van der Waals surface area contributed by atoms with Crippen LogP contribution in [0.1, 0.15) is 36.4 Å². The first-order valence-electron chi connectivity index (χ1n) is 10.3. The van der Waals surface area contributed by atoms with Crippen LogP contribution in [0.3, 0.4) is 0 Å². The molecule has 0 aliphatic carbocycles. The third-order valence-electron chi connectivity index (χ3n) is 5.58. The molecule has 2 unspecified atom stereocenters. The Hall–Kier alpha value is -1.30. The van der Waals surface area contributed by atoms with Gasteiger partial charge in [-0.05, 0) is 59.9 Å². The number of piperidine rings is 1. The summed E-state index contributed by atoms with van der Waals surface area (Å²) in [6.45, 7) is 3.93. The van der Waals surface area contributed by atoms with Crippen LogP contribution in [0.15, 0.2) is 41.3 Å². The molecule has 9 heteroatoms. The van der Waals surface area contributed by atoms with Crippen molar-refractivity contribution in [1.29, 1.82) is 0 Å². The minimum atomic E-state index is 0.284. The number of anilines is 1. The summed E-state index contributed by atoms with van der Waals surface area (Å²) in [5.41, 5.74) is 9.24. The normalized spacial score (nSPS) is 18.6. The Morgan fingerprint density at radius 3 is 3.07 bits per heavy atom. The fourth-order valence-corrected chi connectivity index (χ4v) is 4.70. The number of hydrogen-bond donors (Lipinski definition) is 2. The highest BCUT2D eigenvalue weighted by Crippen LogP contribution is 2.30. The summed E-state index contributed by atoms with van der Waals surface area (Å²) < 4.78 is 3.78. The van der Waals surface area contributed by atoms with Crippen molar-refractivity contribution in [1.82, 2.24) is 24.5 Å². The van der Waals surface area contributed by atoms with E-state index in [-0.39, 0.29) is 6.04 Å². The summed E-state index contributed by atoms with van der Waals surface area (Å²) in [5, 5.41) is 8.02. The predicted molar refractivity (Wildman–Crippen MR) is 132 cm³/mol. The molecule has 1 saturated heterocycles. The van der Waals surface area contributed by atoms with Crippen molar-refractivity contribution in [3.63, 3.8) is 0 Å². The molecule has 1 aliphatic heterocycles. The lowest BCUT2D eigenvalue weighted by molar-refractivity contribution is 0.201. The molecule has 1 aliphatic rings. The van der Waals surface area contributed by atoms with Gasteiger partial charge in [-0.15, -0.1) is 0 Å². The first kappa shape index (κ1) is 21.9. The van der Waals surface area contributed by atoms with Crippen molar-refractivity contribution < 1.29 is 0 Å². The summed E-state index contributed by atoms with van der Waals surface area (Å²) in [6, 6.07) is 6.47. The van der Waals surface area contributed by atoms with Crippen molar-refractivity contribution in [2.45, 2.75) is 37.8 Å². The van der Waals surface area contributed by atoms with Gasteiger partial charge in [-0.3, -0.25) is 4.98 Å². The Labute approximate surface area is 199 Å². The predicted octanol–water partition coefficient (Wildman–Crippen LogP) is 3.83. The molecule has 2 atom stereocenters. The number of rotatable bonds is 8. The molecule has 0 spiro atoms. The van der Waals surface area contributed by atoms with Crippen LogP contribution < -0.4 is 11.1 Å². The molecule has 3 aromatic rings. The van der Waals surface area contributed by atoms with Gasteiger partial charge in [0.05, 0.1) is 16.4 Å². The molecular formula is C21H27BrIN7. The fraction of sp³-hybridized carbons (Fsp3) is 0.476. The number of hydrogen-bond acceptors (Lipinski definition) is 6. The molecule has 0 aromatic carbocycles. The molecule has 0 amide bonds. The summed E-state index contributed by atoms with van der Waals surface area (Å²) in [4.78, 5) is 11.7. The lowest BCUT2D eigenvalue weighted by Crippen LogP contribution is -2.38. The van der Waals surface area contributed by atoms with E-state index in [0.29, 0.717) is 12.5 Å². The zero-order valence-electron chi connectivity index (χ0n) is 16.8. The number of nitrogens with zero attached hydrogens (tertiary/aromatic N) is 5. The van der Waals surface area contributed by atoms with Gasteiger partial charge in [-0.1, -0.05) is 28.7 Å². The summed E-state index contributed by atoms with van der Waals surface area (Å²) in [6.07, 6.45) is 8.87. The van der Waals surface area contributed by atoms with E-state index >= 15 is 0 Å². The minimum absolute atomic E-state index is 0.284. The van der Waals surface area contributed by atoms with Gasteiger partial charge in [-0.2, -0.15) is 9.61 Å². The van der Waals surface area contributed by atoms with Crippen LogP contribution >= 0.6 is 38.5 Å². The molecule has 0 radical (unpaired) electrons. The maximum atomic E-state index is 6.13. The number of alkyl halides is 1. The van der Waals surface area contributed by atoms with E-state index in [1.807, 2.05) is 16.8 Å². The van der Waals surface area contributed by atoms with Crippen molar-refractivity contribution in [3.8, 4) is 0 Å².